The molecular weight excluding hydrogens is 613 g/mol. The second kappa shape index (κ2) is 14.8. The molecule has 1 atom stereocenters. The minimum absolute atomic E-state index is 0.0371. The molecule has 1 aliphatic carbocycles. The van der Waals surface area contributed by atoms with Crippen LogP contribution in [-0.2, 0) is 24.1 Å². The van der Waals surface area contributed by atoms with Crippen molar-refractivity contribution >= 4 is 51.4 Å². The Morgan fingerprint density at radius 1 is 1.16 bits per heavy atom. The number of carbonyl (C=O) groups excluding carboxylic acids is 2. The Hall–Kier alpha value is -3.05. The van der Waals surface area contributed by atoms with E-state index in [-0.39, 0.29) is 40.5 Å². The first-order valence-corrected chi connectivity index (χ1v) is 16.9. The van der Waals surface area contributed by atoms with Gasteiger partial charge in [0.1, 0.15) is 16.8 Å². The van der Waals surface area contributed by atoms with Gasteiger partial charge in [-0.2, -0.15) is 5.26 Å². The van der Waals surface area contributed by atoms with Gasteiger partial charge in [0.15, 0.2) is 0 Å². The third-order valence-corrected chi connectivity index (χ3v) is 10.7. The van der Waals surface area contributed by atoms with Crippen molar-refractivity contribution < 1.29 is 14.7 Å². The number of hydrogen-bond acceptors (Lipinski definition) is 5. The lowest BCUT2D eigenvalue weighted by atomic mass is 9.82. The van der Waals surface area contributed by atoms with Gasteiger partial charge in [0, 0.05) is 39.8 Å². The van der Waals surface area contributed by atoms with E-state index in [0.717, 1.165) is 48.1 Å². The van der Waals surface area contributed by atoms with Crippen molar-refractivity contribution in [1.29, 1.82) is 5.26 Å². The number of hydrogen-bond donors (Lipinski definition) is 2. The van der Waals surface area contributed by atoms with Crippen molar-refractivity contribution in [2.45, 2.75) is 85.1 Å². The van der Waals surface area contributed by atoms with Crippen LogP contribution in [0.2, 0.25) is 10.0 Å². The Morgan fingerprint density at radius 2 is 1.89 bits per heavy atom. The molecule has 1 unspecified atom stereocenters. The molecule has 44 heavy (non-hydrogen) atoms. The molecule has 0 saturated carbocycles. The van der Waals surface area contributed by atoms with E-state index in [9.17, 15) is 20.0 Å². The lowest BCUT2D eigenvalue weighted by molar-refractivity contribution is -0.120. The summed E-state index contributed by atoms with van der Waals surface area (Å²) in [5.74, 6) is -0.392. The fourth-order valence-electron chi connectivity index (χ4n) is 5.92. The topological polar surface area (TPSA) is 93.4 Å². The normalized spacial score (nSPS) is 14.6. The quantitative estimate of drug-likeness (QED) is 0.204. The molecule has 6 nitrogen and oxygen atoms in total. The van der Waals surface area contributed by atoms with Gasteiger partial charge in [-0.15, -0.1) is 11.3 Å². The second-order valence-electron chi connectivity index (χ2n) is 12.4. The van der Waals surface area contributed by atoms with Crippen LogP contribution < -0.4 is 5.32 Å². The summed E-state index contributed by atoms with van der Waals surface area (Å²) >= 11 is 14.0. The molecule has 234 valence electrons. The van der Waals surface area contributed by atoms with Gasteiger partial charge in [-0.25, -0.2) is 0 Å². The average Bonchev–Trinajstić information content (AvgIpc) is 3.33. The SMILES string of the molecule is CCC(CC)C(=O)Nc1sc2c(c1C#N)CCC(N(CCC(C)(C)CCc1ccc(Cl)cc1Cl)C(=O)c1ccccc1O)C2. The first-order chi connectivity index (χ1) is 21.0. The molecular formula is C35H41Cl2N3O3S. The van der Waals surface area contributed by atoms with E-state index in [1.54, 1.807) is 24.3 Å². The lowest BCUT2D eigenvalue weighted by Crippen LogP contribution is -2.44. The molecule has 0 fully saturated rings. The van der Waals surface area contributed by atoms with E-state index in [1.165, 1.54) is 17.4 Å². The molecule has 1 aliphatic rings. The first-order valence-electron chi connectivity index (χ1n) is 15.4. The van der Waals surface area contributed by atoms with Crippen LogP contribution in [0.1, 0.15) is 91.7 Å². The lowest BCUT2D eigenvalue weighted by Gasteiger charge is -2.37. The number of phenolic OH excluding ortho intramolecular Hbond substituents is 1. The number of rotatable bonds is 12. The third-order valence-electron chi connectivity index (χ3n) is 8.90. The minimum Gasteiger partial charge on any atom is -0.507 e. The largest absolute Gasteiger partial charge is 0.507 e. The van der Waals surface area contributed by atoms with E-state index in [0.29, 0.717) is 46.4 Å². The molecule has 2 N–H and O–H groups in total. The Bertz CT molecular complexity index is 1540. The van der Waals surface area contributed by atoms with E-state index in [4.69, 9.17) is 23.2 Å². The zero-order chi connectivity index (χ0) is 32.0. The molecule has 2 aromatic carbocycles. The van der Waals surface area contributed by atoms with E-state index < -0.39 is 0 Å². The Morgan fingerprint density at radius 3 is 2.55 bits per heavy atom. The summed E-state index contributed by atoms with van der Waals surface area (Å²) in [5, 5.41) is 25.5. The van der Waals surface area contributed by atoms with Crippen molar-refractivity contribution in [1.82, 2.24) is 4.90 Å². The highest BCUT2D eigenvalue weighted by molar-refractivity contribution is 7.16. The van der Waals surface area contributed by atoms with Crippen molar-refractivity contribution in [3.63, 3.8) is 0 Å². The third kappa shape index (κ3) is 7.96. The molecule has 0 spiro atoms. The van der Waals surface area contributed by atoms with E-state index >= 15 is 0 Å². The highest BCUT2D eigenvalue weighted by Crippen LogP contribution is 2.40. The van der Waals surface area contributed by atoms with Crippen LogP contribution in [0.3, 0.4) is 0 Å². The van der Waals surface area contributed by atoms with E-state index in [1.807, 2.05) is 30.9 Å². The molecule has 9 heteroatoms. The number of nitriles is 1. The van der Waals surface area contributed by atoms with Gasteiger partial charge >= 0.3 is 0 Å². The monoisotopic (exact) mass is 653 g/mol. The molecule has 0 saturated heterocycles. The van der Waals surface area contributed by atoms with Crippen molar-refractivity contribution in [3.05, 3.63) is 79.6 Å². The number of para-hydroxylation sites is 1. The number of halogens is 2. The molecule has 3 aromatic rings. The molecule has 0 aliphatic heterocycles. The molecule has 1 aromatic heterocycles. The number of amides is 2. The summed E-state index contributed by atoms with van der Waals surface area (Å²) in [6.45, 7) is 8.90. The zero-order valence-electron chi connectivity index (χ0n) is 25.9. The second-order valence-corrected chi connectivity index (χ2v) is 14.3. The predicted molar refractivity (Wildman–Crippen MR) is 180 cm³/mol. The van der Waals surface area contributed by atoms with E-state index in [2.05, 4.69) is 25.2 Å². The molecule has 0 bridgehead atoms. The summed E-state index contributed by atoms with van der Waals surface area (Å²) in [4.78, 5) is 29.8. The number of phenols is 1. The smallest absolute Gasteiger partial charge is 0.257 e. The van der Waals surface area contributed by atoms with Gasteiger partial charge < -0.3 is 15.3 Å². The number of nitrogens with one attached hydrogen (secondary N) is 1. The maximum absolute atomic E-state index is 14.0. The number of aromatic hydroxyl groups is 1. The van der Waals surface area contributed by atoms with Gasteiger partial charge in [0.2, 0.25) is 5.91 Å². The number of fused-ring (bicyclic) bond motifs is 1. The number of nitrogens with zero attached hydrogens (tertiary/aromatic N) is 2. The highest BCUT2D eigenvalue weighted by Gasteiger charge is 2.34. The summed E-state index contributed by atoms with van der Waals surface area (Å²) in [5.41, 5.74) is 2.76. The van der Waals surface area contributed by atoms with Crippen LogP contribution in [0, 0.1) is 22.7 Å². The standard InChI is InChI=1S/C35H41Cl2N3O3S/c1-5-22(6-2)32(42)39-33-28(21-38)26-14-13-25(20-31(26)44-33)40(34(43)27-9-7-8-10-30(27)41)18-17-35(3,4)16-15-23-11-12-24(36)19-29(23)37/h7-12,19,22,25,41H,5-6,13-18,20H2,1-4H3,(H,39,42). The summed E-state index contributed by atoms with van der Waals surface area (Å²) in [7, 11) is 0. The van der Waals surface area contributed by atoms with Crippen molar-refractivity contribution in [3.8, 4) is 11.8 Å². The Kier molecular flexibility index (Phi) is 11.4. The number of anilines is 1. The molecule has 2 amide bonds. The van der Waals surface area contributed by atoms with Gasteiger partial charge in [0.05, 0.1) is 11.1 Å². The Labute approximate surface area is 275 Å². The summed E-state index contributed by atoms with van der Waals surface area (Å²) < 4.78 is 0. The minimum atomic E-state index is -0.201. The average molecular weight is 655 g/mol. The van der Waals surface area contributed by atoms with Crippen LogP contribution in [0.15, 0.2) is 42.5 Å². The first kappa shape index (κ1) is 33.8. The maximum Gasteiger partial charge on any atom is 0.257 e. The van der Waals surface area contributed by atoms with Gasteiger partial charge in [-0.3, -0.25) is 9.59 Å². The maximum atomic E-state index is 14.0. The highest BCUT2D eigenvalue weighted by atomic mass is 35.5. The molecule has 4 rings (SSSR count). The van der Waals surface area contributed by atoms with Crippen LogP contribution in [-0.4, -0.2) is 34.4 Å². The van der Waals surface area contributed by atoms with Gasteiger partial charge in [0.25, 0.3) is 5.91 Å². The number of aryl methyl sites for hydroxylation is 1. The number of thiophene rings is 1. The van der Waals surface area contributed by atoms with Crippen molar-refractivity contribution in [2.75, 3.05) is 11.9 Å². The van der Waals surface area contributed by atoms with Crippen LogP contribution >= 0.6 is 34.5 Å². The van der Waals surface area contributed by atoms with Crippen LogP contribution in [0.25, 0.3) is 0 Å². The van der Waals surface area contributed by atoms with Crippen LogP contribution in [0.5, 0.6) is 5.75 Å². The zero-order valence-corrected chi connectivity index (χ0v) is 28.2. The van der Waals surface area contributed by atoms with Gasteiger partial charge in [-0.05, 0) is 85.8 Å². The van der Waals surface area contributed by atoms with Gasteiger partial charge in [-0.1, -0.05) is 69.1 Å². The number of carbonyl (C=O) groups is 2. The summed E-state index contributed by atoms with van der Waals surface area (Å²) in [6.07, 6.45) is 5.83. The summed E-state index contributed by atoms with van der Waals surface area (Å²) in [6, 6.07) is 14.5. The molecule has 1 heterocycles. The molecule has 0 radical (unpaired) electrons. The fraction of sp³-hybridized carbons (Fsp3) is 0.457. The number of benzene rings is 2. The predicted octanol–water partition coefficient (Wildman–Crippen LogP) is 9.06. The Balaban J connectivity index is 1.55. The van der Waals surface area contributed by atoms with Crippen LogP contribution in [0.4, 0.5) is 5.00 Å². The van der Waals surface area contributed by atoms with Crippen molar-refractivity contribution in [2.24, 2.45) is 11.3 Å². The fourth-order valence-corrected chi connectivity index (χ4v) is 7.69.